The highest BCUT2D eigenvalue weighted by molar-refractivity contribution is 6.32. The van der Waals surface area contributed by atoms with Crippen molar-refractivity contribution in [1.29, 1.82) is 5.26 Å². The quantitative estimate of drug-likeness (QED) is 0.666. The third kappa shape index (κ3) is 3.68. The Balaban J connectivity index is 2.41. The van der Waals surface area contributed by atoms with E-state index in [0.717, 1.165) is 16.9 Å². The number of rotatable bonds is 4. The summed E-state index contributed by atoms with van der Waals surface area (Å²) in [6.45, 7) is 8.47. The zero-order valence-electron chi connectivity index (χ0n) is 14.4. The lowest BCUT2D eigenvalue weighted by atomic mass is 9.97. The van der Waals surface area contributed by atoms with E-state index in [2.05, 4.69) is 62.9 Å². The van der Waals surface area contributed by atoms with Crippen LogP contribution in [0.3, 0.4) is 0 Å². The largest absolute Gasteiger partial charge is 0.345 e. The molecule has 2 rings (SSSR count). The minimum Gasteiger partial charge on any atom is -0.345 e. The van der Waals surface area contributed by atoms with Crippen molar-refractivity contribution in [3.8, 4) is 6.07 Å². The molecule has 3 heteroatoms. The molecule has 0 fully saturated rings. The molecule has 0 saturated carbocycles. The first kappa shape index (κ1) is 17.4. The Labute approximate surface area is 144 Å². The molecule has 0 aliphatic heterocycles. The van der Waals surface area contributed by atoms with E-state index in [9.17, 15) is 5.26 Å². The van der Waals surface area contributed by atoms with Crippen LogP contribution in [0.25, 0.3) is 0 Å². The maximum Gasteiger partial charge on any atom is 0.0995 e. The lowest BCUT2D eigenvalue weighted by Crippen LogP contribution is -2.10. The number of benzene rings is 2. The molecule has 0 aliphatic carbocycles. The van der Waals surface area contributed by atoms with E-state index in [0.29, 0.717) is 16.5 Å². The minimum absolute atomic E-state index is 0.224. The third-order valence-corrected chi connectivity index (χ3v) is 4.46. The Bertz CT molecular complexity index is 725. The first-order chi connectivity index (χ1) is 10.8. The van der Waals surface area contributed by atoms with Gasteiger partial charge >= 0.3 is 0 Å². The van der Waals surface area contributed by atoms with Gasteiger partial charge < -0.3 is 4.90 Å². The van der Waals surface area contributed by atoms with Gasteiger partial charge in [0.1, 0.15) is 0 Å². The van der Waals surface area contributed by atoms with Gasteiger partial charge in [-0.3, -0.25) is 0 Å². The molecule has 0 amide bonds. The van der Waals surface area contributed by atoms with Crippen LogP contribution in [0.15, 0.2) is 36.4 Å². The molecule has 0 radical (unpaired) electrons. The normalized spacial score (nSPS) is 10.9. The molecule has 2 aromatic carbocycles. The van der Waals surface area contributed by atoms with Crippen molar-refractivity contribution in [3.05, 3.63) is 58.1 Å². The van der Waals surface area contributed by atoms with E-state index < -0.39 is 0 Å². The average molecular weight is 327 g/mol. The molecule has 2 nitrogen and oxygen atoms in total. The van der Waals surface area contributed by atoms with Gasteiger partial charge in [-0.25, -0.2) is 0 Å². The number of hydrogen-bond acceptors (Lipinski definition) is 2. The van der Waals surface area contributed by atoms with Crippen molar-refractivity contribution < 1.29 is 0 Å². The molecule has 0 unspecified atom stereocenters. The fourth-order valence-corrected chi connectivity index (χ4v) is 3.14. The minimum atomic E-state index is 0.224. The fourth-order valence-electron chi connectivity index (χ4n) is 2.71. The number of halogens is 1. The second-order valence-corrected chi connectivity index (χ2v) is 6.87. The van der Waals surface area contributed by atoms with Crippen LogP contribution in [0.1, 0.15) is 56.2 Å². The smallest absolute Gasteiger partial charge is 0.0995 e. The number of hydrogen-bond donors (Lipinski definition) is 0. The topological polar surface area (TPSA) is 27.0 Å². The van der Waals surface area contributed by atoms with Crippen molar-refractivity contribution in [3.63, 3.8) is 0 Å². The summed E-state index contributed by atoms with van der Waals surface area (Å²) >= 11 is 6.43. The van der Waals surface area contributed by atoms with Crippen molar-refractivity contribution in [2.75, 3.05) is 11.9 Å². The monoisotopic (exact) mass is 326 g/mol. The fraction of sp³-hybridized carbons (Fsp3) is 0.350. The summed E-state index contributed by atoms with van der Waals surface area (Å²) in [5, 5.41) is 10.1. The molecule has 0 saturated heterocycles. The highest BCUT2D eigenvalue weighted by atomic mass is 35.5. The van der Waals surface area contributed by atoms with Crippen LogP contribution in [0.5, 0.6) is 0 Å². The van der Waals surface area contributed by atoms with Crippen LogP contribution in [-0.4, -0.2) is 7.05 Å². The molecular formula is C20H23ClN2. The Hall–Kier alpha value is -1.98. The number of anilines is 2. The summed E-state index contributed by atoms with van der Waals surface area (Å²) in [7, 11) is 1.99. The maximum atomic E-state index is 9.44. The molecule has 0 aromatic heterocycles. The molecule has 120 valence electrons. The summed E-state index contributed by atoms with van der Waals surface area (Å²) in [6, 6.07) is 14.6. The van der Waals surface area contributed by atoms with E-state index in [1.54, 1.807) is 0 Å². The molecule has 0 aliphatic rings. The molecule has 0 bridgehead atoms. The molecule has 23 heavy (non-hydrogen) atoms. The Morgan fingerprint density at radius 3 is 2.04 bits per heavy atom. The van der Waals surface area contributed by atoms with Gasteiger partial charge in [0.25, 0.3) is 0 Å². The highest BCUT2D eigenvalue weighted by Gasteiger charge is 2.15. The molecule has 0 atom stereocenters. The highest BCUT2D eigenvalue weighted by Crippen LogP contribution is 2.34. The van der Waals surface area contributed by atoms with Crippen molar-refractivity contribution in [2.45, 2.75) is 39.5 Å². The zero-order chi connectivity index (χ0) is 17.1. The van der Waals surface area contributed by atoms with Crippen molar-refractivity contribution in [2.24, 2.45) is 0 Å². The Kier molecular flexibility index (Phi) is 5.34. The summed E-state index contributed by atoms with van der Waals surface area (Å²) in [6.07, 6.45) is 0. The van der Waals surface area contributed by atoms with E-state index in [1.807, 2.05) is 19.2 Å². The predicted molar refractivity (Wildman–Crippen MR) is 98.9 cm³/mol. The predicted octanol–water partition coefficient (Wildman–Crippen LogP) is 6.23. The number of nitrogens with zero attached hydrogens (tertiary/aromatic N) is 2. The van der Waals surface area contributed by atoms with Gasteiger partial charge in [0.2, 0.25) is 0 Å². The molecule has 2 aromatic rings. The van der Waals surface area contributed by atoms with Gasteiger partial charge in [0.15, 0.2) is 0 Å². The van der Waals surface area contributed by atoms with Crippen molar-refractivity contribution in [1.82, 2.24) is 0 Å². The zero-order valence-corrected chi connectivity index (χ0v) is 15.1. The number of nitriles is 1. The standard InChI is InChI=1S/C20H23ClN2/c1-13(2)15-6-8-17(9-7-15)23(5)18-10-16(12-22)20(14(3)4)19(21)11-18/h6-11,13-14H,1-5H3. The SMILES string of the molecule is CC(C)c1ccc(N(C)c2cc(Cl)c(C(C)C)c(C#N)c2)cc1. The van der Waals surface area contributed by atoms with Crippen LogP contribution in [0.4, 0.5) is 11.4 Å². The lowest BCUT2D eigenvalue weighted by molar-refractivity contribution is 0.862. The van der Waals surface area contributed by atoms with Gasteiger partial charge in [-0.1, -0.05) is 51.4 Å². The van der Waals surface area contributed by atoms with Crippen molar-refractivity contribution >= 4 is 23.0 Å². The van der Waals surface area contributed by atoms with Crippen LogP contribution >= 0.6 is 11.6 Å². The van der Waals surface area contributed by atoms with Gasteiger partial charge in [-0.2, -0.15) is 5.26 Å². The second kappa shape index (κ2) is 7.06. The van der Waals surface area contributed by atoms with Crippen LogP contribution in [0.2, 0.25) is 5.02 Å². The van der Waals surface area contributed by atoms with Crippen LogP contribution in [0, 0.1) is 11.3 Å². The van der Waals surface area contributed by atoms with Gasteiger partial charge in [0, 0.05) is 23.4 Å². The second-order valence-electron chi connectivity index (χ2n) is 6.46. The van der Waals surface area contributed by atoms with Crippen LogP contribution < -0.4 is 4.90 Å². The average Bonchev–Trinajstić information content (AvgIpc) is 2.52. The maximum absolute atomic E-state index is 9.44. The Morgan fingerprint density at radius 2 is 1.57 bits per heavy atom. The van der Waals surface area contributed by atoms with Gasteiger partial charge in [-0.05, 0) is 47.2 Å². The summed E-state index contributed by atoms with van der Waals surface area (Å²) in [5.74, 6) is 0.737. The van der Waals surface area contributed by atoms with Gasteiger partial charge in [0.05, 0.1) is 11.6 Å². The lowest BCUT2D eigenvalue weighted by Gasteiger charge is -2.22. The van der Waals surface area contributed by atoms with Crippen LogP contribution in [-0.2, 0) is 0 Å². The molecular weight excluding hydrogens is 304 g/mol. The molecule has 0 heterocycles. The van der Waals surface area contributed by atoms with E-state index in [-0.39, 0.29) is 5.92 Å². The summed E-state index contributed by atoms with van der Waals surface area (Å²) in [5.41, 5.74) is 4.88. The molecule has 0 spiro atoms. The van der Waals surface area contributed by atoms with E-state index in [4.69, 9.17) is 11.6 Å². The third-order valence-electron chi connectivity index (χ3n) is 4.15. The first-order valence-corrected chi connectivity index (χ1v) is 8.30. The first-order valence-electron chi connectivity index (χ1n) is 7.92. The summed E-state index contributed by atoms with van der Waals surface area (Å²) in [4.78, 5) is 2.06. The van der Waals surface area contributed by atoms with E-state index in [1.165, 1.54) is 5.56 Å². The van der Waals surface area contributed by atoms with E-state index >= 15 is 0 Å². The Morgan fingerprint density at radius 1 is 0.957 bits per heavy atom. The van der Waals surface area contributed by atoms with Gasteiger partial charge in [-0.15, -0.1) is 0 Å². The molecule has 0 N–H and O–H groups in total. The summed E-state index contributed by atoms with van der Waals surface area (Å²) < 4.78 is 0.